The van der Waals surface area contributed by atoms with Crippen molar-refractivity contribution in [1.29, 1.82) is 0 Å². The number of rotatable bonds is 6. The Labute approximate surface area is 209 Å². The SMILES string of the molecule is CC#CCn1c(N2CCOCC2)nc2c1c(=O)n(Cc1cn(-c3ccc([N+](=O)[O-])cc3)nn1)c(=O)n2C. The van der Waals surface area contributed by atoms with Gasteiger partial charge in [-0.1, -0.05) is 11.1 Å². The van der Waals surface area contributed by atoms with E-state index in [1.165, 1.54) is 33.5 Å². The van der Waals surface area contributed by atoms with Gasteiger partial charge in [-0.25, -0.2) is 9.48 Å². The van der Waals surface area contributed by atoms with Crippen LogP contribution in [0.1, 0.15) is 12.6 Å². The van der Waals surface area contributed by atoms with Gasteiger partial charge in [-0.3, -0.25) is 28.6 Å². The molecule has 0 amide bonds. The predicted octanol–water partition coefficient (Wildman–Crippen LogP) is 0.294. The molecular formula is C23H23N9O5. The van der Waals surface area contributed by atoms with Crippen LogP contribution < -0.4 is 16.1 Å². The molecule has 0 spiro atoms. The Morgan fingerprint density at radius 3 is 2.54 bits per heavy atom. The molecule has 0 aliphatic carbocycles. The summed E-state index contributed by atoms with van der Waals surface area (Å²) in [6, 6.07) is 5.79. The summed E-state index contributed by atoms with van der Waals surface area (Å²) in [6.07, 6.45) is 1.57. The number of hydrogen-bond acceptors (Lipinski definition) is 9. The third-order valence-electron chi connectivity index (χ3n) is 6.11. The molecule has 0 bridgehead atoms. The maximum absolute atomic E-state index is 13.6. The van der Waals surface area contributed by atoms with E-state index in [-0.39, 0.29) is 29.9 Å². The topological polar surface area (TPSA) is 148 Å². The zero-order valence-corrected chi connectivity index (χ0v) is 20.2. The van der Waals surface area contributed by atoms with Crippen LogP contribution in [0.25, 0.3) is 16.9 Å². The summed E-state index contributed by atoms with van der Waals surface area (Å²) in [4.78, 5) is 43.9. The van der Waals surface area contributed by atoms with Gasteiger partial charge >= 0.3 is 5.69 Å². The lowest BCUT2D eigenvalue weighted by Crippen LogP contribution is -2.40. The molecule has 14 nitrogen and oxygen atoms in total. The molecule has 1 fully saturated rings. The number of ether oxygens (including phenoxy) is 1. The number of nitro benzene ring substituents is 1. The van der Waals surface area contributed by atoms with Crippen LogP contribution in [-0.2, 0) is 24.9 Å². The van der Waals surface area contributed by atoms with Crippen LogP contribution in [-0.4, -0.2) is 64.9 Å². The Bertz CT molecular complexity index is 1660. The number of aryl methyl sites for hydroxylation is 1. The first-order valence-corrected chi connectivity index (χ1v) is 11.5. The highest BCUT2D eigenvalue weighted by atomic mass is 16.6. The third-order valence-corrected chi connectivity index (χ3v) is 6.11. The maximum atomic E-state index is 13.6. The Morgan fingerprint density at radius 2 is 1.86 bits per heavy atom. The van der Waals surface area contributed by atoms with Gasteiger partial charge in [-0.15, -0.1) is 11.0 Å². The minimum absolute atomic E-state index is 0.0479. The standard InChI is InChI=1S/C23H23N9O5/c1-3-4-9-29-19-20(24-22(29)28-10-12-37-13-11-28)27(2)23(34)30(21(19)33)14-16-15-31(26-25-16)17-5-7-18(8-6-17)32(35)36/h5-8,15H,9-14H2,1-2H3. The minimum Gasteiger partial charge on any atom is -0.378 e. The molecule has 0 saturated carbocycles. The molecule has 1 saturated heterocycles. The molecule has 3 aromatic heterocycles. The number of non-ortho nitro benzene ring substituents is 1. The van der Waals surface area contributed by atoms with Crippen molar-refractivity contribution in [2.24, 2.45) is 7.05 Å². The van der Waals surface area contributed by atoms with Crippen molar-refractivity contribution in [3.8, 4) is 17.5 Å². The summed E-state index contributed by atoms with van der Waals surface area (Å²) in [5, 5.41) is 19.0. The molecule has 14 heteroatoms. The second kappa shape index (κ2) is 9.70. The number of morpholine rings is 1. The van der Waals surface area contributed by atoms with Crippen LogP contribution in [0.3, 0.4) is 0 Å². The van der Waals surface area contributed by atoms with Gasteiger partial charge in [0.2, 0.25) is 5.95 Å². The lowest BCUT2D eigenvalue weighted by Gasteiger charge is -2.27. The highest BCUT2D eigenvalue weighted by Crippen LogP contribution is 2.21. The summed E-state index contributed by atoms with van der Waals surface area (Å²) in [7, 11) is 1.57. The number of imidazole rings is 1. The Morgan fingerprint density at radius 1 is 1.14 bits per heavy atom. The fourth-order valence-electron chi connectivity index (χ4n) is 4.20. The Hall–Kier alpha value is -4.77. The van der Waals surface area contributed by atoms with Crippen molar-refractivity contribution < 1.29 is 9.66 Å². The quantitative estimate of drug-likeness (QED) is 0.205. The summed E-state index contributed by atoms with van der Waals surface area (Å²) in [5.41, 5.74) is 0.369. The molecule has 4 heterocycles. The van der Waals surface area contributed by atoms with E-state index in [9.17, 15) is 19.7 Å². The van der Waals surface area contributed by atoms with E-state index in [0.717, 1.165) is 4.57 Å². The molecule has 0 N–H and O–H groups in total. The first kappa shape index (κ1) is 23.9. The molecule has 190 valence electrons. The molecule has 5 rings (SSSR count). The van der Waals surface area contributed by atoms with Gasteiger partial charge < -0.3 is 9.64 Å². The average molecular weight is 505 g/mol. The summed E-state index contributed by atoms with van der Waals surface area (Å²) < 4.78 is 11.0. The smallest absolute Gasteiger partial charge is 0.332 e. The van der Waals surface area contributed by atoms with E-state index in [2.05, 4.69) is 27.1 Å². The number of nitrogens with zero attached hydrogens (tertiary/aromatic N) is 9. The molecule has 37 heavy (non-hydrogen) atoms. The first-order valence-electron chi connectivity index (χ1n) is 11.5. The molecule has 0 radical (unpaired) electrons. The monoisotopic (exact) mass is 505 g/mol. The lowest BCUT2D eigenvalue weighted by atomic mass is 10.3. The fourth-order valence-corrected chi connectivity index (χ4v) is 4.20. The number of benzene rings is 1. The largest absolute Gasteiger partial charge is 0.378 e. The summed E-state index contributed by atoms with van der Waals surface area (Å²) in [5.74, 6) is 6.41. The van der Waals surface area contributed by atoms with E-state index in [4.69, 9.17) is 4.74 Å². The fraction of sp³-hybridized carbons (Fsp3) is 0.348. The van der Waals surface area contributed by atoms with Gasteiger partial charge in [0.05, 0.1) is 43.1 Å². The summed E-state index contributed by atoms with van der Waals surface area (Å²) >= 11 is 0. The van der Waals surface area contributed by atoms with E-state index >= 15 is 0 Å². The van der Waals surface area contributed by atoms with E-state index < -0.39 is 16.2 Å². The third kappa shape index (κ3) is 4.36. The zero-order chi connectivity index (χ0) is 26.1. The molecule has 1 aliphatic rings. The van der Waals surface area contributed by atoms with E-state index in [1.807, 2.05) is 4.90 Å². The van der Waals surface area contributed by atoms with Gasteiger partial charge in [-0.05, 0) is 19.1 Å². The van der Waals surface area contributed by atoms with Crippen LogP contribution in [0.2, 0.25) is 0 Å². The second-order valence-electron chi connectivity index (χ2n) is 8.36. The molecule has 1 aromatic carbocycles. The molecule has 4 aromatic rings. The van der Waals surface area contributed by atoms with Crippen molar-refractivity contribution in [3.05, 3.63) is 67.1 Å². The van der Waals surface area contributed by atoms with Gasteiger partial charge in [-0.2, -0.15) is 4.98 Å². The average Bonchev–Trinajstić information content (AvgIpc) is 3.54. The van der Waals surface area contributed by atoms with Gasteiger partial charge in [0, 0.05) is 32.3 Å². The zero-order valence-electron chi connectivity index (χ0n) is 20.2. The van der Waals surface area contributed by atoms with Crippen LogP contribution >= 0.6 is 0 Å². The maximum Gasteiger partial charge on any atom is 0.332 e. The van der Waals surface area contributed by atoms with Crippen LogP contribution in [0.4, 0.5) is 11.6 Å². The van der Waals surface area contributed by atoms with Crippen molar-refractivity contribution in [2.45, 2.75) is 20.0 Å². The number of aromatic nitrogens is 7. The molecular weight excluding hydrogens is 482 g/mol. The Kier molecular flexibility index (Phi) is 6.28. The lowest BCUT2D eigenvalue weighted by molar-refractivity contribution is -0.384. The Balaban J connectivity index is 1.56. The van der Waals surface area contributed by atoms with Crippen molar-refractivity contribution >= 4 is 22.8 Å². The number of nitro groups is 1. The van der Waals surface area contributed by atoms with Crippen LogP contribution in [0, 0.1) is 22.0 Å². The normalized spacial score (nSPS) is 13.5. The highest BCUT2D eigenvalue weighted by Gasteiger charge is 2.24. The van der Waals surface area contributed by atoms with Gasteiger partial charge in [0.15, 0.2) is 11.2 Å². The van der Waals surface area contributed by atoms with E-state index in [0.29, 0.717) is 43.6 Å². The number of fused-ring (bicyclic) bond motifs is 1. The molecule has 1 aliphatic heterocycles. The van der Waals surface area contributed by atoms with E-state index in [1.54, 1.807) is 24.7 Å². The van der Waals surface area contributed by atoms with Crippen LogP contribution in [0.15, 0.2) is 40.1 Å². The number of hydrogen-bond donors (Lipinski definition) is 0. The highest BCUT2D eigenvalue weighted by molar-refractivity contribution is 5.75. The first-order chi connectivity index (χ1) is 17.9. The van der Waals surface area contributed by atoms with Crippen molar-refractivity contribution in [2.75, 3.05) is 31.2 Å². The van der Waals surface area contributed by atoms with Gasteiger partial charge in [0.1, 0.15) is 5.69 Å². The predicted molar refractivity (Wildman–Crippen MR) is 133 cm³/mol. The second-order valence-corrected chi connectivity index (χ2v) is 8.36. The molecule has 0 unspecified atom stereocenters. The van der Waals surface area contributed by atoms with Crippen molar-refractivity contribution in [1.82, 2.24) is 33.7 Å². The number of anilines is 1. The van der Waals surface area contributed by atoms with Crippen LogP contribution in [0.5, 0.6) is 0 Å². The van der Waals surface area contributed by atoms with Gasteiger partial charge in [0.25, 0.3) is 11.2 Å². The van der Waals surface area contributed by atoms with Crippen molar-refractivity contribution in [3.63, 3.8) is 0 Å². The molecule has 0 atom stereocenters. The minimum atomic E-state index is -0.540. The summed E-state index contributed by atoms with van der Waals surface area (Å²) in [6.45, 7) is 4.13.